The molecule has 3 amide bonds. The number of benzene rings is 2. The van der Waals surface area contributed by atoms with Crippen LogP contribution in [0.1, 0.15) is 17.0 Å². The summed E-state index contributed by atoms with van der Waals surface area (Å²) in [6, 6.07) is 15.7. The Morgan fingerprint density at radius 2 is 1.46 bits per heavy atom. The number of amides is 3. The third-order valence-electron chi connectivity index (χ3n) is 4.25. The van der Waals surface area contributed by atoms with Gasteiger partial charge in [0.25, 0.3) is 5.91 Å². The van der Waals surface area contributed by atoms with Gasteiger partial charge in [-0.25, -0.2) is 15.0 Å². The third kappa shape index (κ3) is 4.09. The zero-order valence-electron chi connectivity index (χ0n) is 14.6. The van der Waals surface area contributed by atoms with Crippen LogP contribution in [0.15, 0.2) is 48.5 Å². The minimum atomic E-state index is -1.71. The number of carboxylic acid groups (broad SMARTS) is 1. The number of nitrogens with one attached hydrogen (secondary N) is 3. The van der Waals surface area contributed by atoms with E-state index in [2.05, 4.69) is 0 Å². The number of aliphatic carboxylic acids is 1. The monoisotopic (exact) mass is 383 g/mol. The SMILES string of the molecule is O=C(CNC(=O)C(=O)O)NNC(=O)OCC1c2ccccc2-c2ccccc21. The molecule has 9 heteroatoms. The topological polar surface area (TPSA) is 134 Å². The van der Waals surface area contributed by atoms with Gasteiger partial charge in [0.2, 0.25) is 0 Å². The molecule has 0 bridgehead atoms. The summed E-state index contributed by atoms with van der Waals surface area (Å²) in [6.07, 6.45) is -0.875. The van der Waals surface area contributed by atoms with E-state index in [1.54, 1.807) is 0 Å². The molecule has 0 spiro atoms. The van der Waals surface area contributed by atoms with Gasteiger partial charge in [0.05, 0.1) is 6.54 Å². The normalized spacial score (nSPS) is 11.7. The fourth-order valence-electron chi connectivity index (χ4n) is 3.04. The number of hydrogen-bond donors (Lipinski definition) is 4. The molecule has 0 aliphatic heterocycles. The number of fused-ring (bicyclic) bond motifs is 3. The van der Waals surface area contributed by atoms with Gasteiger partial charge < -0.3 is 15.2 Å². The lowest BCUT2D eigenvalue weighted by molar-refractivity contribution is -0.150. The Morgan fingerprint density at radius 3 is 2.04 bits per heavy atom. The van der Waals surface area contributed by atoms with Crippen LogP contribution in [0.5, 0.6) is 0 Å². The van der Waals surface area contributed by atoms with Crippen molar-refractivity contribution in [1.82, 2.24) is 16.2 Å². The first-order chi connectivity index (χ1) is 13.5. The zero-order chi connectivity index (χ0) is 20.1. The molecule has 0 unspecified atom stereocenters. The minimum absolute atomic E-state index is 0.0749. The van der Waals surface area contributed by atoms with Crippen LogP contribution >= 0.6 is 0 Å². The summed E-state index contributed by atoms with van der Waals surface area (Å²) in [5.74, 6) is -3.96. The Hall–Kier alpha value is -3.88. The van der Waals surface area contributed by atoms with Gasteiger partial charge in [0, 0.05) is 5.92 Å². The predicted octanol–water partition coefficient (Wildman–Crippen LogP) is 0.757. The molecule has 0 aromatic heterocycles. The number of hydrazine groups is 1. The van der Waals surface area contributed by atoms with E-state index < -0.39 is 30.4 Å². The summed E-state index contributed by atoms with van der Waals surface area (Å²) in [6.45, 7) is -0.528. The Balaban J connectivity index is 1.52. The quantitative estimate of drug-likeness (QED) is 0.455. The molecule has 0 radical (unpaired) electrons. The highest BCUT2D eigenvalue weighted by Gasteiger charge is 2.29. The van der Waals surface area contributed by atoms with E-state index in [9.17, 15) is 19.2 Å². The molecule has 1 aliphatic rings. The summed E-state index contributed by atoms with van der Waals surface area (Å²) in [5, 5.41) is 10.3. The summed E-state index contributed by atoms with van der Waals surface area (Å²) in [7, 11) is 0. The number of ether oxygens (including phenoxy) is 1. The molecular formula is C19H17N3O6. The first kappa shape index (κ1) is 18.9. The molecule has 0 atom stereocenters. The number of carbonyl (C=O) groups excluding carboxylic acids is 3. The Morgan fingerprint density at radius 1 is 0.893 bits per heavy atom. The molecule has 0 fully saturated rings. The molecular weight excluding hydrogens is 366 g/mol. The van der Waals surface area contributed by atoms with Crippen LogP contribution in [0.25, 0.3) is 11.1 Å². The fourth-order valence-corrected chi connectivity index (χ4v) is 3.04. The van der Waals surface area contributed by atoms with E-state index in [1.165, 1.54) is 0 Å². The van der Waals surface area contributed by atoms with Crippen LogP contribution in [0, 0.1) is 0 Å². The standard InChI is InChI=1S/C19H17N3O6/c23-16(9-20-17(24)18(25)26)21-22-19(27)28-10-15-13-7-3-1-5-11(13)12-6-2-4-8-14(12)15/h1-8,15H,9-10H2,(H,20,24)(H,21,23)(H,22,27)(H,25,26). The van der Waals surface area contributed by atoms with Gasteiger partial charge in [-0.3, -0.25) is 15.0 Å². The molecule has 0 saturated heterocycles. The molecule has 0 saturated carbocycles. The highest BCUT2D eigenvalue weighted by atomic mass is 16.6. The lowest BCUT2D eigenvalue weighted by Crippen LogP contribution is -2.47. The maximum Gasteiger partial charge on any atom is 0.426 e. The van der Waals surface area contributed by atoms with E-state index in [4.69, 9.17) is 9.84 Å². The van der Waals surface area contributed by atoms with Gasteiger partial charge in [0.1, 0.15) is 6.61 Å². The van der Waals surface area contributed by atoms with Crippen molar-refractivity contribution in [2.24, 2.45) is 0 Å². The van der Waals surface area contributed by atoms with Crippen LogP contribution in [0.3, 0.4) is 0 Å². The Kier molecular flexibility index (Phi) is 5.54. The smallest absolute Gasteiger partial charge is 0.426 e. The Bertz CT molecular complexity index is 897. The molecule has 2 aromatic carbocycles. The van der Waals surface area contributed by atoms with Crippen molar-refractivity contribution in [2.45, 2.75) is 5.92 Å². The van der Waals surface area contributed by atoms with Crippen molar-refractivity contribution in [2.75, 3.05) is 13.2 Å². The summed E-state index contributed by atoms with van der Waals surface area (Å²) in [4.78, 5) is 44.5. The molecule has 2 aromatic rings. The van der Waals surface area contributed by atoms with Gasteiger partial charge in [0.15, 0.2) is 0 Å². The molecule has 28 heavy (non-hydrogen) atoms. The average Bonchev–Trinajstić information content (AvgIpc) is 3.02. The van der Waals surface area contributed by atoms with Gasteiger partial charge in [-0.15, -0.1) is 0 Å². The van der Waals surface area contributed by atoms with E-state index in [0.29, 0.717) is 0 Å². The van der Waals surface area contributed by atoms with Gasteiger partial charge >= 0.3 is 18.0 Å². The lowest BCUT2D eigenvalue weighted by Gasteiger charge is -2.14. The summed E-state index contributed by atoms with van der Waals surface area (Å²) in [5.41, 5.74) is 8.36. The van der Waals surface area contributed by atoms with E-state index in [-0.39, 0.29) is 12.5 Å². The fraction of sp³-hybridized carbons (Fsp3) is 0.158. The zero-order valence-corrected chi connectivity index (χ0v) is 14.6. The summed E-state index contributed by atoms with van der Waals surface area (Å²) >= 11 is 0. The van der Waals surface area contributed by atoms with Crippen LogP contribution in [-0.4, -0.2) is 42.1 Å². The molecule has 4 N–H and O–H groups in total. The first-order valence-corrected chi connectivity index (χ1v) is 8.38. The maximum absolute atomic E-state index is 11.8. The average molecular weight is 383 g/mol. The van der Waals surface area contributed by atoms with E-state index in [0.717, 1.165) is 22.3 Å². The molecule has 1 aliphatic carbocycles. The largest absolute Gasteiger partial charge is 0.474 e. The van der Waals surface area contributed by atoms with Crippen molar-refractivity contribution >= 4 is 23.9 Å². The molecule has 9 nitrogen and oxygen atoms in total. The van der Waals surface area contributed by atoms with E-state index in [1.807, 2.05) is 64.7 Å². The third-order valence-corrected chi connectivity index (χ3v) is 4.25. The first-order valence-electron chi connectivity index (χ1n) is 8.38. The number of hydrogen-bond acceptors (Lipinski definition) is 5. The highest BCUT2D eigenvalue weighted by molar-refractivity contribution is 6.31. The van der Waals surface area contributed by atoms with Crippen LogP contribution in [0.2, 0.25) is 0 Å². The van der Waals surface area contributed by atoms with Crippen molar-refractivity contribution < 1.29 is 29.0 Å². The van der Waals surface area contributed by atoms with Crippen molar-refractivity contribution in [3.05, 3.63) is 59.7 Å². The number of carbonyl (C=O) groups is 4. The minimum Gasteiger partial charge on any atom is -0.474 e. The molecule has 144 valence electrons. The Labute approximate surface area is 159 Å². The van der Waals surface area contributed by atoms with Crippen molar-refractivity contribution in [3.8, 4) is 11.1 Å². The van der Waals surface area contributed by atoms with Gasteiger partial charge in [-0.05, 0) is 22.3 Å². The van der Waals surface area contributed by atoms with Crippen LogP contribution < -0.4 is 16.2 Å². The van der Waals surface area contributed by atoms with Gasteiger partial charge in [-0.1, -0.05) is 48.5 Å². The number of rotatable bonds is 4. The second-order valence-electron chi connectivity index (χ2n) is 5.99. The number of carboxylic acids is 1. The van der Waals surface area contributed by atoms with Crippen molar-refractivity contribution in [1.29, 1.82) is 0 Å². The van der Waals surface area contributed by atoms with Crippen LogP contribution in [-0.2, 0) is 19.1 Å². The lowest BCUT2D eigenvalue weighted by atomic mass is 9.98. The maximum atomic E-state index is 11.8. The summed E-state index contributed by atoms with van der Waals surface area (Å²) < 4.78 is 5.21. The molecule has 0 heterocycles. The second kappa shape index (κ2) is 8.21. The van der Waals surface area contributed by atoms with Crippen LogP contribution in [0.4, 0.5) is 4.79 Å². The second-order valence-corrected chi connectivity index (χ2v) is 5.99. The van der Waals surface area contributed by atoms with Crippen molar-refractivity contribution in [3.63, 3.8) is 0 Å². The van der Waals surface area contributed by atoms with E-state index >= 15 is 0 Å². The predicted molar refractivity (Wildman–Crippen MR) is 97.0 cm³/mol. The van der Waals surface area contributed by atoms with Gasteiger partial charge in [-0.2, -0.15) is 0 Å². The molecule has 3 rings (SSSR count). The highest BCUT2D eigenvalue weighted by Crippen LogP contribution is 2.44.